The number of hydrogen-bond acceptors (Lipinski definition) is 5. The molecule has 1 aliphatic carbocycles. The van der Waals surface area contributed by atoms with Gasteiger partial charge in [0.2, 0.25) is 0 Å². The Hall–Kier alpha value is -1.95. The van der Waals surface area contributed by atoms with Crippen LogP contribution in [0.25, 0.3) is 11.0 Å². The second-order valence-corrected chi connectivity index (χ2v) is 9.13. The molecule has 0 N–H and O–H groups in total. The van der Waals surface area contributed by atoms with E-state index in [0.717, 1.165) is 30.0 Å². The van der Waals surface area contributed by atoms with E-state index in [1.807, 2.05) is 6.20 Å². The molecular weight excluding hydrogens is 421 g/mol. The zero-order chi connectivity index (χ0) is 20.7. The topological polar surface area (TPSA) is 59.2 Å². The van der Waals surface area contributed by atoms with E-state index in [9.17, 15) is 4.79 Å². The van der Waals surface area contributed by atoms with Crippen molar-refractivity contribution in [2.45, 2.75) is 57.5 Å². The molecule has 0 spiro atoms. The molecule has 0 saturated heterocycles. The fourth-order valence-electron chi connectivity index (χ4n) is 4.62. The van der Waals surface area contributed by atoms with Gasteiger partial charge in [0.1, 0.15) is 11.4 Å². The molecule has 30 heavy (non-hydrogen) atoms. The monoisotopic (exact) mass is 443 g/mol. The number of aromatic nitrogens is 2. The Bertz CT molecular complexity index is 1160. The van der Waals surface area contributed by atoms with Gasteiger partial charge >= 0.3 is 5.63 Å². The summed E-state index contributed by atoms with van der Waals surface area (Å²) in [4.78, 5) is 24.3. The van der Waals surface area contributed by atoms with Crippen molar-refractivity contribution in [3.63, 3.8) is 0 Å². The van der Waals surface area contributed by atoms with Gasteiger partial charge in [0.25, 0.3) is 0 Å². The fourth-order valence-corrected chi connectivity index (χ4v) is 5.07. The Morgan fingerprint density at radius 1 is 1.17 bits per heavy atom. The van der Waals surface area contributed by atoms with Crippen LogP contribution in [0.3, 0.4) is 0 Å². The van der Waals surface area contributed by atoms with Crippen LogP contribution in [0.1, 0.15) is 60.7 Å². The van der Waals surface area contributed by atoms with Crippen molar-refractivity contribution in [1.82, 2.24) is 14.9 Å². The summed E-state index contributed by atoms with van der Waals surface area (Å²) >= 11 is 12.7. The third-order valence-electron chi connectivity index (χ3n) is 6.28. The first-order chi connectivity index (χ1) is 14.6. The molecule has 1 aliphatic heterocycles. The van der Waals surface area contributed by atoms with Gasteiger partial charge in [-0.1, -0.05) is 42.5 Å². The average molecular weight is 444 g/mol. The number of fused-ring (bicyclic) bond motifs is 2. The van der Waals surface area contributed by atoms with Crippen molar-refractivity contribution in [1.29, 1.82) is 0 Å². The van der Waals surface area contributed by atoms with E-state index in [1.54, 1.807) is 18.2 Å². The van der Waals surface area contributed by atoms with Crippen LogP contribution >= 0.6 is 23.2 Å². The van der Waals surface area contributed by atoms with Gasteiger partial charge in [-0.2, -0.15) is 0 Å². The SMILES string of the molecule is O=c1oc2ccc(Cl)cc2c(Cl)c1CN1CCc2nc(C3CCCCC3)ncc2C1. The van der Waals surface area contributed by atoms with Gasteiger partial charge in [-0.05, 0) is 31.0 Å². The van der Waals surface area contributed by atoms with Gasteiger partial charge in [0.05, 0.1) is 10.6 Å². The third kappa shape index (κ3) is 3.86. The highest BCUT2D eigenvalue weighted by Gasteiger charge is 2.24. The van der Waals surface area contributed by atoms with E-state index in [0.29, 0.717) is 45.6 Å². The molecular formula is C23H23Cl2N3O2. The minimum absolute atomic E-state index is 0.399. The van der Waals surface area contributed by atoms with Crippen molar-refractivity contribution in [3.8, 4) is 0 Å². The summed E-state index contributed by atoms with van der Waals surface area (Å²) in [6.07, 6.45) is 9.10. The molecule has 156 valence electrons. The van der Waals surface area contributed by atoms with Gasteiger partial charge < -0.3 is 4.42 Å². The number of benzene rings is 1. The lowest BCUT2D eigenvalue weighted by Crippen LogP contribution is -2.33. The summed E-state index contributed by atoms with van der Waals surface area (Å²) in [5, 5.41) is 1.64. The summed E-state index contributed by atoms with van der Waals surface area (Å²) in [5.41, 5.74) is 2.79. The number of rotatable bonds is 3. The van der Waals surface area contributed by atoms with Crippen LogP contribution in [0.4, 0.5) is 0 Å². The van der Waals surface area contributed by atoms with E-state index in [-0.39, 0.29) is 0 Å². The summed E-state index contributed by atoms with van der Waals surface area (Å²) < 4.78 is 5.47. The Kier molecular flexibility index (Phi) is 5.52. The molecule has 0 atom stereocenters. The van der Waals surface area contributed by atoms with Gasteiger partial charge in [-0.25, -0.2) is 14.8 Å². The highest BCUT2D eigenvalue weighted by molar-refractivity contribution is 6.37. The number of halogens is 2. The average Bonchev–Trinajstić information content (AvgIpc) is 2.77. The molecule has 5 rings (SSSR count). The van der Waals surface area contributed by atoms with E-state index in [2.05, 4.69) is 9.88 Å². The second-order valence-electron chi connectivity index (χ2n) is 8.32. The lowest BCUT2D eigenvalue weighted by molar-refractivity contribution is 0.239. The van der Waals surface area contributed by atoms with Crippen LogP contribution in [0.2, 0.25) is 10.0 Å². The molecule has 1 aromatic carbocycles. The van der Waals surface area contributed by atoms with Gasteiger partial charge in [0.15, 0.2) is 0 Å². The van der Waals surface area contributed by atoms with Crippen LogP contribution in [0.5, 0.6) is 0 Å². The number of nitrogens with zero attached hydrogens (tertiary/aromatic N) is 3. The first kappa shape index (κ1) is 20.0. The minimum atomic E-state index is -0.399. The molecule has 7 heteroatoms. The highest BCUT2D eigenvalue weighted by atomic mass is 35.5. The summed E-state index contributed by atoms with van der Waals surface area (Å²) in [5.74, 6) is 1.52. The van der Waals surface area contributed by atoms with E-state index >= 15 is 0 Å². The standard InChI is InChI=1S/C23H23Cl2N3O2/c24-16-6-7-20-17(10-16)21(25)18(23(29)30-20)13-28-9-8-19-15(12-28)11-26-22(27-19)14-4-2-1-3-5-14/h6-7,10-11,14H,1-5,8-9,12-13H2. The van der Waals surface area contributed by atoms with Crippen LogP contribution in [-0.2, 0) is 19.5 Å². The molecule has 2 aliphatic rings. The maximum Gasteiger partial charge on any atom is 0.342 e. The van der Waals surface area contributed by atoms with E-state index < -0.39 is 5.63 Å². The Morgan fingerprint density at radius 2 is 2.00 bits per heavy atom. The summed E-state index contributed by atoms with van der Waals surface area (Å²) in [6.45, 7) is 1.94. The lowest BCUT2D eigenvalue weighted by Gasteiger charge is -2.29. The van der Waals surface area contributed by atoms with Crippen molar-refractivity contribution < 1.29 is 4.42 Å². The van der Waals surface area contributed by atoms with E-state index in [1.165, 1.54) is 32.1 Å². The minimum Gasteiger partial charge on any atom is -0.422 e. The van der Waals surface area contributed by atoms with E-state index in [4.69, 9.17) is 32.6 Å². The molecule has 3 heterocycles. The molecule has 5 nitrogen and oxygen atoms in total. The molecule has 3 aromatic rings. The molecule has 0 bridgehead atoms. The van der Waals surface area contributed by atoms with Crippen molar-refractivity contribution in [3.05, 3.63) is 67.5 Å². The van der Waals surface area contributed by atoms with Crippen LogP contribution < -0.4 is 5.63 Å². The zero-order valence-electron chi connectivity index (χ0n) is 16.7. The predicted octanol–water partition coefficient (Wildman–Crippen LogP) is 5.50. The molecule has 0 radical (unpaired) electrons. The van der Waals surface area contributed by atoms with Gasteiger partial charge in [0, 0.05) is 59.8 Å². The van der Waals surface area contributed by atoms with Crippen LogP contribution in [0.15, 0.2) is 33.6 Å². The summed E-state index contributed by atoms with van der Waals surface area (Å²) in [6, 6.07) is 5.09. The third-order valence-corrected chi connectivity index (χ3v) is 6.94. The molecule has 1 saturated carbocycles. The fraction of sp³-hybridized carbons (Fsp3) is 0.435. The lowest BCUT2D eigenvalue weighted by atomic mass is 9.88. The quantitative estimate of drug-likeness (QED) is 0.500. The first-order valence-electron chi connectivity index (χ1n) is 10.6. The predicted molar refractivity (Wildman–Crippen MR) is 118 cm³/mol. The maximum atomic E-state index is 12.5. The largest absolute Gasteiger partial charge is 0.422 e. The molecule has 0 amide bonds. The van der Waals surface area contributed by atoms with Crippen molar-refractivity contribution >= 4 is 34.2 Å². The van der Waals surface area contributed by atoms with Crippen molar-refractivity contribution in [2.75, 3.05) is 6.54 Å². The Balaban J connectivity index is 1.37. The smallest absolute Gasteiger partial charge is 0.342 e. The molecule has 2 aromatic heterocycles. The highest BCUT2D eigenvalue weighted by Crippen LogP contribution is 2.32. The number of hydrogen-bond donors (Lipinski definition) is 0. The Morgan fingerprint density at radius 3 is 2.83 bits per heavy atom. The molecule has 0 unspecified atom stereocenters. The first-order valence-corrected chi connectivity index (χ1v) is 11.3. The normalized spacial score (nSPS) is 17.9. The second kappa shape index (κ2) is 8.29. The van der Waals surface area contributed by atoms with Crippen LogP contribution in [0, 0.1) is 0 Å². The zero-order valence-corrected chi connectivity index (χ0v) is 18.2. The molecule has 1 fully saturated rings. The maximum absolute atomic E-state index is 12.5. The Labute approximate surface area is 185 Å². The van der Waals surface area contributed by atoms with Gasteiger partial charge in [-0.3, -0.25) is 4.90 Å². The van der Waals surface area contributed by atoms with Crippen LogP contribution in [-0.4, -0.2) is 21.4 Å². The summed E-state index contributed by atoms with van der Waals surface area (Å²) in [7, 11) is 0. The van der Waals surface area contributed by atoms with Crippen molar-refractivity contribution in [2.24, 2.45) is 0 Å². The van der Waals surface area contributed by atoms with Gasteiger partial charge in [-0.15, -0.1) is 0 Å².